The van der Waals surface area contributed by atoms with E-state index in [1.807, 2.05) is 38.2 Å². The van der Waals surface area contributed by atoms with E-state index in [2.05, 4.69) is 31.9 Å². The van der Waals surface area contributed by atoms with E-state index in [1.165, 1.54) is 0 Å². The van der Waals surface area contributed by atoms with Gasteiger partial charge in [0, 0.05) is 22.9 Å². The molecule has 1 aromatic rings. The maximum atomic E-state index is 11.9. The van der Waals surface area contributed by atoms with E-state index in [1.54, 1.807) is 4.90 Å². The summed E-state index contributed by atoms with van der Waals surface area (Å²) in [6, 6.07) is 8.07. The molecule has 0 spiro atoms. The summed E-state index contributed by atoms with van der Waals surface area (Å²) in [4.78, 5) is 13.7. The molecular formula is C12H15Br2NO. The molecule has 4 heteroatoms. The normalized spacial score (nSPS) is 12.2. The van der Waals surface area contributed by atoms with Crippen molar-refractivity contribution >= 4 is 37.8 Å². The van der Waals surface area contributed by atoms with Crippen LogP contribution in [-0.4, -0.2) is 29.2 Å². The Bertz CT molecular complexity index is 368. The van der Waals surface area contributed by atoms with Crippen LogP contribution in [-0.2, 0) is 11.2 Å². The van der Waals surface area contributed by atoms with Crippen LogP contribution in [0, 0.1) is 0 Å². The number of nitrogens with zero attached hydrogens (tertiary/aromatic N) is 1. The molecule has 1 unspecified atom stereocenters. The zero-order valence-electron chi connectivity index (χ0n) is 9.41. The van der Waals surface area contributed by atoms with Crippen molar-refractivity contribution in [2.45, 2.75) is 19.4 Å². The van der Waals surface area contributed by atoms with Gasteiger partial charge in [-0.1, -0.05) is 44.0 Å². The van der Waals surface area contributed by atoms with Crippen LogP contribution in [0.25, 0.3) is 0 Å². The molecule has 0 aliphatic rings. The smallest absolute Gasteiger partial charge is 0.226 e. The molecule has 1 aromatic carbocycles. The van der Waals surface area contributed by atoms with Crippen molar-refractivity contribution < 1.29 is 4.79 Å². The summed E-state index contributed by atoms with van der Waals surface area (Å²) in [6.07, 6.45) is 0.452. The fraction of sp³-hybridized carbons (Fsp3) is 0.417. The molecule has 0 bridgehead atoms. The van der Waals surface area contributed by atoms with Gasteiger partial charge in [-0.05, 0) is 24.6 Å². The van der Waals surface area contributed by atoms with Crippen LogP contribution < -0.4 is 0 Å². The van der Waals surface area contributed by atoms with Crippen molar-refractivity contribution in [2.24, 2.45) is 0 Å². The first-order valence-corrected chi connectivity index (χ1v) is 7.02. The number of benzene rings is 1. The molecule has 0 saturated carbocycles. The first-order chi connectivity index (χ1) is 7.54. The van der Waals surface area contributed by atoms with Gasteiger partial charge in [0.05, 0.1) is 6.42 Å². The molecule has 0 aromatic heterocycles. The van der Waals surface area contributed by atoms with Gasteiger partial charge in [0.25, 0.3) is 0 Å². The second kappa shape index (κ2) is 6.40. The Hall–Kier alpha value is -0.350. The summed E-state index contributed by atoms with van der Waals surface area (Å²) in [5, 5.41) is 0.799. The summed E-state index contributed by atoms with van der Waals surface area (Å²) in [5.41, 5.74) is 1.04. The fourth-order valence-electron chi connectivity index (χ4n) is 1.30. The molecule has 0 aliphatic carbocycles. The summed E-state index contributed by atoms with van der Waals surface area (Å²) < 4.78 is 1.01. The molecule has 16 heavy (non-hydrogen) atoms. The van der Waals surface area contributed by atoms with Gasteiger partial charge in [-0.25, -0.2) is 0 Å². The third kappa shape index (κ3) is 3.91. The fourth-order valence-corrected chi connectivity index (χ4v) is 2.18. The van der Waals surface area contributed by atoms with E-state index in [9.17, 15) is 4.79 Å². The van der Waals surface area contributed by atoms with E-state index < -0.39 is 0 Å². The van der Waals surface area contributed by atoms with Gasteiger partial charge in [0.2, 0.25) is 5.91 Å². The first kappa shape index (κ1) is 13.7. The van der Waals surface area contributed by atoms with Gasteiger partial charge < -0.3 is 4.90 Å². The Morgan fingerprint density at radius 2 is 2.19 bits per heavy atom. The van der Waals surface area contributed by atoms with E-state index in [4.69, 9.17) is 0 Å². The van der Waals surface area contributed by atoms with Crippen molar-refractivity contribution in [3.8, 4) is 0 Å². The molecule has 0 radical (unpaired) electrons. The molecule has 0 aliphatic heterocycles. The highest BCUT2D eigenvalue weighted by molar-refractivity contribution is 9.10. The van der Waals surface area contributed by atoms with E-state index in [0.717, 1.165) is 15.4 Å². The standard InChI is InChI=1S/C12H15Br2NO/c1-9(8-13)15(2)12(16)7-10-4-3-5-11(14)6-10/h3-6,9H,7-8H2,1-2H3. The lowest BCUT2D eigenvalue weighted by Gasteiger charge is -2.23. The largest absolute Gasteiger partial charge is 0.342 e. The molecule has 88 valence electrons. The predicted octanol–water partition coefficient (Wildman–Crippen LogP) is 3.23. The van der Waals surface area contributed by atoms with Crippen molar-refractivity contribution in [1.82, 2.24) is 4.90 Å². The SMILES string of the molecule is CC(CBr)N(C)C(=O)Cc1cccc(Br)c1. The minimum absolute atomic E-state index is 0.144. The molecular weight excluding hydrogens is 334 g/mol. The zero-order chi connectivity index (χ0) is 12.1. The Morgan fingerprint density at radius 3 is 2.75 bits per heavy atom. The monoisotopic (exact) mass is 347 g/mol. The molecule has 0 heterocycles. The Labute approximate surface area is 113 Å². The van der Waals surface area contributed by atoms with Crippen LogP contribution >= 0.6 is 31.9 Å². The van der Waals surface area contributed by atoms with Crippen LogP contribution in [0.1, 0.15) is 12.5 Å². The molecule has 1 amide bonds. The van der Waals surface area contributed by atoms with Gasteiger partial charge in [0.15, 0.2) is 0 Å². The number of alkyl halides is 1. The number of amides is 1. The van der Waals surface area contributed by atoms with Crippen molar-refractivity contribution in [2.75, 3.05) is 12.4 Å². The number of likely N-dealkylation sites (N-methyl/N-ethyl adjacent to an activating group) is 1. The van der Waals surface area contributed by atoms with E-state index >= 15 is 0 Å². The van der Waals surface area contributed by atoms with Crippen molar-refractivity contribution in [3.63, 3.8) is 0 Å². The lowest BCUT2D eigenvalue weighted by Crippen LogP contribution is -2.37. The molecule has 1 rings (SSSR count). The molecule has 0 saturated heterocycles. The average Bonchev–Trinajstić information content (AvgIpc) is 2.27. The number of hydrogen-bond acceptors (Lipinski definition) is 1. The Kier molecular flexibility index (Phi) is 5.49. The maximum Gasteiger partial charge on any atom is 0.226 e. The number of carbonyl (C=O) groups is 1. The number of halogens is 2. The lowest BCUT2D eigenvalue weighted by atomic mass is 10.1. The Balaban J connectivity index is 2.64. The topological polar surface area (TPSA) is 20.3 Å². The molecule has 0 fully saturated rings. The lowest BCUT2D eigenvalue weighted by molar-refractivity contribution is -0.130. The predicted molar refractivity (Wildman–Crippen MR) is 73.9 cm³/mol. The highest BCUT2D eigenvalue weighted by Gasteiger charge is 2.14. The van der Waals surface area contributed by atoms with Crippen LogP contribution in [0.2, 0.25) is 0 Å². The minimum atomic E-state index is 0.144. The molecule has 2 nitrogen and oxygen atoms in total. The van der Waals surface area contributed by atoms with Gasteiger partial charge in [-0.3, -0.25) is 4.79 Å². The van der Waals surface area contributed by atoms with Crippen molar-refractivity contribution in [1.29, 1.82) is 0 Å². The summed E-state index contributed by atoms with van der Waals surface area (Å²) in [6.45, 7) is 2.02. The minimum Gasteiger partial charge on any atom is -0.342 e. The number of hydrogen-bond donors (Lipinski definition) is 0. The third-order valence-corrected chi connectivity index (χ3v) is 3.95. The maximum absolute atomic E-state index is 11.9. The van der Waals surface area contributed by atoms with Gasteiger partial charge in [-0.2, -0.15) is 0 Å². The van der Waals surface area contributed by atoms with E-state index in [0.29, 0.717) is 6.42 Å². The van der Waals surface area contributed by atoms with Crippen LogP contribution in [0.5, 0.6) is 0 Å². The quantitative estimate of drug-likeness (QED) is 0.765. The third-order valence-electron chi connectivity index (χ3n) is 2.52. The summed E-state index contributed by atoms with van der Waals surface area (Å²) in [7, 11) is 1.84. The van der Waals surface area contributed by atoms with E-state index in [-0.39, 0.29) is 11.9 Å². The molecule has 0 N–H and O–H groups in total. The summed E-state index contributed by atoms with van der Waals surface area (Å²) in [5.74, 6) is 0.144. The Morgan fingerprint density at radius 1 is 1.50 bits per heavy atom. The highest BCUT2D eigenvalue weighted by atomic mass is 79.9. The highest BCUT2D eigenvalue weighted by Crippen LogP contribution is 2.13. The second-order valence-electron chi connectivity index (χ2n) is 3.81. The number of carbonyl (C=O) groups excluding carboxylic acids is 1. The van der Waals surface area contributed by atoms with Gasteiger partial charge >= 0.3 is 0 Å². The van der Waals surface area contributed by atoms with Crippen LogP contribution in [0.15, 0.2) is 28.7 Å². The average molecular weight is 349 g/mol. The molecule has 1 atom stereocenters. The second-order valence-corrected chi connectivity index (χ2v) is 5.38. The summed E-state index contributed by atoms with van der Waals surface area (Å²) >= 11 is 6.78. The number of rotatable bonds is 4. The van der Waals surface area contributed by atoms with Crippen molar-refractivity contribution in [3.05, 3.63) is 34.3 Å². The van der Waals surface area contributed by atoms with Crippen LogP contribution in [0.3, 0.4) is 0 Å². The first-order valence-electron chi connectivity index (χ1n) is 5.10. The van der Waals surface area contributed by atoms with Crippen LogP contribution in [0.4, 0.5) is 0 Å². The zero-order valence-corrected chi connectivity index (χ0v) is 12.6. The van der Waals surface area contributed by atoms with Gasteiger partial charge in [0.1, 0.15) is 0 Å². The van der Waals surface area contributed by atoms with Gasteiger partial charge in [-0.15, -0.1) is 0 Å².